The van der Waals surface area contributed by atoms with Crippen LogP contribution in [0, 0.1) is 11.8 Å². The summed E-state index contributed by atoms with van der Waals surface area (Å²) >= 11 is 0. The molecule has 0 heterocycles. The van der Waals surface area contributed by atoms with Gasteiger partial charge in [-0.2, -0.15) is 4.89 Å². The second kappa shape index (κ2) is 15.4. The van der Waals surface area contributed by atoms with Crippen LogP contribution in [-0.2, 0) is 19.6 Å². The standard InChI is InChI=1S/C32H40O12/c1-35-25-17-15-23(27(37-3)29(25)39-5)31(33)43-41-21-11-7-19(8-12-21)20-9-13-22(14-10-20)42-44-32(34)24-16-18-26(36-2)30(40-6)28(24)38-4/h11,15-20,22H,7-10,12-14H2,1-6H3. The lowest BCUT2D eigenvalue weighted by Crippen LogP contribution is -2.28. The Bertz CT molecular complexity index is 1330. The first kappa shape index (κ1) is 32.6. The Balaban J connectivity index is 1.23. The molecule has 2 aromatic carbocycles. The Labute approximate surface area is 256 Å². The van der Waals surface area contributed by atoms with E-state index in [0.29, 0.717) is 47.0 Å². The first-order chi connectivity index (χ1) is 21.4. The van der Waals surface area contributed by atoms with Crippen molar-refractivity contribution in [1.29, 1.82) is 0 Å². The van der Waals surface area contributed by atoms with Crippen molar-refractivity contribution in [3.05, 3.63) is 47.2 Å². The number of carbonyl (C=O) groups is 2. The maximum Gasteiger partial charge on any atom is 0.390 e. The maximum absolute atomic E-state index is 12.8. The summed E-state index contributed by atoms with van der Waals surface area (Å²) < 4.78 is 31.9. The van der Waals surface area contributed by atoms with Crippen LogP contribution in [0.2, 0.25) is 0 Å². The average Bonchev–Trinajstić information content (AvgIpc) is 3.08. The van der Waals surface area contributed by atoms with Gasteiger partial charge in [0.1, 0.15) is 17.2 Å². The third-order valence-electron chi connectivity index (χ3n) is 8.13. The lowest BCUT2D eigenvalue weighted by molar-refractivity contribution is -0.281. The van der Waals surface area contributed by atoms with Crippen molar-refractivity contribution in [3.63, 3.8) is 0 Å². The normalized spacial score (nSPS) is 19.6. The van der Waals surface area contributed by atoms with Crippen LogP contribution in [-0.4, -0.2) is 60.7 Å². The smallest absolute Gasteiger partial charge is 0.390 e. The first-order valence-corrected chi connectivity index (χ1v) is 14.4. The van der Waals surface area contributed by atoms with E-state index < -0.39 is 11.9 Å². The van der Waals surface area contributed by atoms with Crippen LogP contribution in [0.5, 0.6) is 34.5 Å². The van der Waals surface area contributed by atoms with Gasteiger partial charge in [-0.25, -0.2) is 14.5 Å². The number of rotatable bonds is 13. The monoisotopic (exact) mass is 616 g/mol. The van der Waals surface area contributed by atoms with Crippen molar-refractivity contribution in [2.24, 2.45) is 11.8 Å². The van der Waals surface area contributed by atoms with E-state index in [4.69, 9.17) is 48.0 Å². The van der Waals surface area contributed by atoms with Gasteiger partial charge in [0.05, 0.1) is 42.7 Å². The summed E-state index contributed by atoms with van der Waals surface area (Å²) in [5.41, 5.74) is 0.339. The molecule has 0 aliphatic heterocycles. The zero-order valence-electron chi connectivity index (χ0n) is 26.0. The van der Waals surface area contributed by atoms with Crippen LogP contribution in [0.4, 0.5) is 0 Å². The number of benzene rings is 2. The molecule has 1 unspecified atom stereocenters. The topological polar surface area (TPSA) is 126 Å². The highest BCUT2D eigenvalue weighted by molar-refractivity contribution is 5.94. The highest BCUT2D eigenvalue weighted by Gasteiger charge is 2.32. The van der Waals surface area contributed by atoms with E-state index in [1.54, 1.807) is 18.2 Å². The Kier molecular flexibility index (Phi) is 11.4. The Morgan fingerprint density at radius 1 is 0.591 bits per heavy atom. The summed E-state index contributed by atoms with van der Waals surface area (Å²) in [6, 6.07) is 6.29. The van der Waals surface area contributed by atoms with Gasteiger partial charge < -0.3 is 28.4 Å². The van der Waals surface area contributed by atoms with Gasteiger partial charge in [0.2, 0.25) is 11.5 Å². The van der Waals surface area contributed by atoms with Crippen molar-refractivity contribution in [2.45, 2.75) is 51.0 Å². The molecule has 2 aromatic rings. The second-order valence-corrected chi connectivity index (χ2v) is 10.4. The maximum atomic E-state index is 12.8. The molecule has 0 amide bonds. The molecular weight excluding hydrogens is 576 g/mol. The highest BCUT2D eigenvalue weighted by atomic mass is 17.2. The fraction of sp³-hybridized carbons (Fsp3) is 0.500. The van der Waals surface area contributed by atoms with Gasteiger partial charge >= 0.3 is 11.9 Å². The number of carbonyl (C=O) groups excluding carboxylic acids is 2. The minimum absolute atomic E-state index is 0.159. The minimum Gasteiger partial charge on any atom is -0.493 e. The molecule has 0 bridgehead atoms. The molecule has 0 aromatic heterocycles. The summed E-state index contributed by atoms with van der Waals surface area (Å²) in [5.74, 6) is 2.11. The third-order valence-corrected chi connectivity index (χ3v) is 8.13. The van der Waals surface area contributed by atoms with Gasteiger partial charge in [-0.05, 0) is 80.7 Å². The van der Waals surface area contributed by atoms with Crippen LogP contribution >= 0.6 is 0 Å². The Hall–Kier alpha value is -4.32. The molecule has 0 N–H and O–H groups in total. The molecule has 1 atom stereocenters. The van der Waals surface area contributed by atoms with E-state index in [0.717, 1.165) is 38.5 Å². The zero-order valence-corrected chi connectivity index (χ0v) is 26.0. The van der Waals surface area contributed by atoms with Crippen LogP contribution in [0.1, 0.15) is 65.7 Å². The molecule has 240 valence electrons. The van der Waals surface area contributed by atoms with Crippen molar-refractivity contribution in [1.82, 2.24) is 0 Å². The van der Waals surface area contributed by atoms with Gasteiger partial charge in [0.25, 0.3) is 0 Å². The summed E-state index contributed by atoms with van der Waals surface area (Å²) in [4.78, 5) is 46.7. The Morgan fingerprint density at radius 3 is 1.57 bits per heavy atom. The second-order valence-electron chi connectivity index (χ2n) is 10.4. The molecule has 4 rings (SSSR count). The van der Waals surface area contributed by atoms with E-state index in [2.05, 4.69) is 0 Å². The van der Waals surface area contributed by atoms with Crippen molar-refractivity contribution in [2.75, 3.05) is 42.7 Å². The molecule has 0 spiro atoms. The number of hydrogen-bond acceptors (Lipinski definition) is 12. The van der Waals surface area contributed by atoms with E-state index in [1.807, 2.05) is 6.08 Å². The van der Waals surface area contributed by atoms with Gasteiger partial charge in [0, 0.05) is 6.42 Å². The van der Waals surface area contributed by atoms with E-state index in [-0.39, 0.29) is 28.7 Å². The molecule has 2 aliphatic carbocycles. The predicted molar refractivity (Wildman–Crippen MR) is 156 cm³/mol. The lowest BCUT2D eigenvalue weighted by atomic mass is 9.74. The molecule has 0 saturated heterocycles. The van der Waals surface area contributed by atoms with Crippen LogP contribution in [0.3, 0.4) is 0 Å². The number of methoxy groups -OCH3 is 6. The van der Waals surface area contributed by atoms with Gasteiger partial charge in [0.15, 0.2) is 28.8 Å². The van der Waals surface area contributed by atoms with Crippen LogP contribution in [0.25, 0.3) is 0 Å². The van der Waals surface area contributed by atoms with Crippen LogP contribution < -0.4 is 28.4 Å². The molecule has 0 radical (unpaired) electrons. The lowest BCUT2D eigenvalue weighted by Gasteiger charge is -2.34. The van der Waals surface area contributed by atoms with Crippen molar-refractivity contribution in [3.8, 4) is 34.5 Å². The molecule has 12 nitrogen and oxygen atoms in total. The van der Waals surface area contributed by atoms with Gasteiger partial charge in [-0.15, -0.1) is 0 Å². The molecule has 12 heteroatoms. The third kappa shape index (κ3) is 7.24. The number of hydrogen-bond donors (Lipinski definition) is 0. The summed E-state index contributed by atoms with van der Waals surface area (Å²) in [5, 5.41) is 0. The highest BCUT2D eigenvalue weighted by Crippen LogP contribution is 2.42. The van der Waals surface area contributed by atoms with E-state index in [9.17, 15) is 9.59 Å². The molecular formula is C32H40O12. The van der Waals surface area contributed by atoms with Crippen molar-refractivity contribution >= 4 is 11.9 Å². The quantitative estimate of drug-likeness (QED) is 0.198. The van der Waals surface area contributed by atoms with E-state index >= 15 is 0 Å². The SMILES string of the molecule is COc1ccc(C(=O)OOC2=CCC(C3CCC(OOC(=O)c4ccc(OC)c(OC)c4OC)CC3)CC2)c(OC)c1OC. The average molecular weight is 617 g/mol. The van der Waals surface area contributed by atoms with Gasteiger partial charge in [-0.1, -0.05) is 0 Å². The summed E-state index contributed by atoms with van der Waals surface area (Å²) in [7, 11) is 8.80. The zero-order chi connectivity index (χ0) is 31.6. The minimum atomic E-state index is -0.700. The largest absolute Gasteiger partial charge is 0.493 e. The molecule has 1 fully saturated rings. The number of allylic oxidation sites excluding steroid dienone is 2. The predicted octanol–water partition coefficient (Wildman–Crippen LogP) is 5.86. The van der Waals surface area contributed by atoms with Gasteiger partial charge in [-0.3, -0.25) is 9.78 Å². The number of ether oxygens (including phenoxy) is 6. The van der Waals surface area contributed by atoms with Crippen LogP contribution in [0.15, 0.2) is 36.1 Å². The first-order valence-electron chi connectivity index (χ1n) is 14.4. The fourth-order valence-electron chi connectivity index (χ4n) is 5.81. The molecule has 2 aliphatic rings. The summed E-state index contributed by atoms with van der Waals surface area (Å²) in [6.07, 6.45) is 7.62. The molecule has 44 heavy (non-hydrogen) atoms. The van der Waals surface area contributed by atoms with E-state index in [1.165, 1.54) is 48.7 Å². The molecule has 1 saturated carbocycles. The summed E-state index contributed by atoms with van der Waals surface area (Å²) in [6.45, 7) is 0. The van der Waals surface area contributed by atoms with Crippen molar-refractivity contribution < 1.29 is 57.6 Å². The Morgan fingerprint density at radius 2 is 1.11 bits per heavy atom. The fourth-order valence-corrected chi connectivity index (χ4v) is 5.81.